The van der Waals surface area contributed by atoms with E-state index in [2.05, 4.69) is 49.2 Å². The molecule has 1 aliphatic carbocycles. The molecule has 0 spiro atoms. The topological polar surface area (TPSA) is 15.3 Å². The molecule has 116 valence electrons. The van der Waals surface area contributed by atoms with Gasteiger partial charge in [-0.15, -0.1) is 0 Å². The Morgan fingerprint density at radius 2 is 1.90 bits per heavy atom. The van der Waals surface area contributed by atoms with E-state index in [9.17, 15) is 0 Å². The molecule has 1 N–H and O–H groups in total. The fraction of sp³-hybridized carbons (Fsp3) is 0.684. The molecule has 1 heterocycles. The van der Waals surface area contributed by atoms with Gasteiger partial charge >= 0.3 is 0 Å². The summed E-state index contributed by atoms with van der Waals surface area (Å²) in [6.07, 6.45) is 7.53. The van der Waals surface area contributed by atoms with Crippen LogP contribution < -0.4 is 10.2 Å². The highest BCUT2D eigenvalue weighted by Crippen LogP contribution is 2.32. The van der Waals surface area contributed by atoms with Gasteiger partial charge in [-0.2, -0.15) is 0 Å². The lowest BCUT2D eigenvalue weighted by atomic mass is 9.87. The zero-order valence-corrected chi connectivity index (χ0v) is 13.9. The molecule has 0 amide bonds. The quantitative estimate of drug-likeness (QED) is 0.902. The molecule has 2 nitrogen and oxygen atoms in total. The molecule has 1 fully saturated rings. The van der Waals surface area contributed by atoms with Crippen LogP contribution in [0.3, 0.4) is 0 Å². The third-order valence-electron chi connectivity index (χ3n) is 5.86. The third kappa shape index (κ3) is 2.70. The van der Waals surface area contributed by atoms with Crippen molar-refractivity contribution >= 4 is 5.69 Å². The Morgan fingerprint density at radius 3 is 2.62 bits per heavy atom. The summed E-state index contributed by atoms with van der Waals surface area (Å²) in [5, 5.41) is 3.84. The van der Waals surface area contributed by atoms with Gasteiger partial charge in [0.05, 0.1) is 0 Å². The van der Waals surface area contributed by atoms with E-state index in [0.717, 1.165) is 13.1 Å². The van der Waals surface area contributed by atoms with Crippen molar-refractivity contribution in [3.8, 4) is 0 Å². The van der Waals surface area contributed by atoms with Crippen molar-refractivity contribution < 1.29 is 0 Å². The fourth-order valence-corrected chi connectivity index (χ4v) is 4.08. The van der Waals surface area contributed by atoms with Gasteiger partial charge in [0.1, 0.15) is 0 Å². The average molecular weight is 286 g/mol. The second-order valence-electron chi connectivity index (χ2n) is 6.86. The Bertz CT molecular complexity index is 490. The summed E-state index contributed by atoms with van der Waals surface area (Å²) in [6, 6.07) is 7.86. The van der Waals surface area contributed by atoms with Crippen LogP contribution in [0.1, 0.15) is 57.6 Å². The predicted molar refractivity (Wildman–Crippen MR) is 91.2 cm³/mol. The summed E-state index contributed by atoms with van der Waals surface area (Å²) in [5.74, 6) is 0. The van der Waals surface area contributed by atoms with Crippen molar-refractivity contribution in [1.82, 2.24) is 5.32 Å². The van der Waals surface area contributed by atoms with Crippen LogP contribution in [-0.2, 0) is 12.8 Å². The molecule has 1 aromatic carbocycles. The maximum atomic E-state index is 3.84. The van der Waals surface area contributed by atoms with Gasteiger partial charge < -0.3 is 10.2 Å². The molecule has 0 radical (unpaired) electrons. The smallest absolute Gasteiger partial charge is 0.0412 e. The first-order valence-electron chi connectivity index (χ1n) is 8.85. The first-order chi connectivity index (χ1) is 10.2. The van der Waals surface area contributed by atoms with Crippen LogP contribution in [0.5, 0.6) is 0 Å². The first-order valence-corrected chi connectivity index (χ1v) is 8.85. The van der Waals surface area contributed by atoms with Crippen LogP contribution in [0, 0.1) is 0 Å². The molecule has 0 saturated carbocycles. The van der Waals surface area contributed by atoms with E-state index in [1.165, 1.54) is 44.2 Å². The average Bonchev–Trinajstić information content (AvgIpc) is 3.01. The predicted octanol–water partition coefficient (Wildman–Crippen LogP) is 3.92. The van der Waals surface area contributed by atoms with Crippen molar-refractivity contribution in [2.45, 2.75) is 70.9 Å². The number of rotatable bonds is 4. The number of piperazine rings is 1. The van der Waals surface area contributed by atoms with Crippen LogP contribution in [0.4, 0.5) is 5.69 Å². The van der Waals surface area contributed by atoms with E-state index in [-0.39, 0.29) is 0 Å². The molecule has 1 unspecified atom stereocenters. The largest absolute Gasteiger partial charge is 0.365 e. The Kier molecular flexibility index (Phi) is 4.26. The van der Waals surface area contributed by atoms with Gasteiger partial charge in [-0.25, -0.2) is 0 Å². The van der Waals surface area contributed by atoms with Gasteiger partial charge in [0, 0.05) is 30.4 Å². The maximum Gasteiger partial charge on any atom is 0.0412 e. The molecule has 1 atom stereocenters. The summed E-state index contributed by atoms with van der Waals surface area (Å²) < 4.78 is 0. The lowest BCUT2D eigenvalue weighted by Gasteiger charge is -2.48. The van der Waals surface area contributed by atoms with Gasteiger partial charge in [-0.3, -0.25) is 0 Å². The number of hydrogen-bond acceptors (Lipinski definition) is 2. The van der Waals surface area contributed by atoms with E-state index in [4.69, 9.17) is 0 Å². The van der Waals surface area contributed by atoms with Crippen LogP contribution >= 0.6 is 0 Å². The van der Waals surface area contributed by atoms with Crippen molar-refractivity contribution in [1.29, 1.82) is 0 Å². The molecule has 0 bridgehead atoms. The molecule has 3 rings (SSSR count). The fourth-order valence-electron chi connectivity index (χ4n) is 4.08. The highest BCUT2D eigenvalue weighted by Gasteiger charge is 2.36. The number of anilines is 1. The number of benzene rings is 1. The number of fused-ring (bicyclic) bond motifs is 1. The minimum atomic E-state index is 0.296. The van der Waals surface area contributed by atoms with Crippen molar-refractivity contribution in [3.05, 3.63) is 29.3 Å². The first kappa shape index (κ1) is 14.9. The normalized spacial score (nSPS) is 24.1. The van der Waals surface area contributed by atoms with Gasteiger partial charge in [0.15, 0.2) is 0 Å². The van der Waals surface area contributed by atoms with E-state index in [1.807, 2.05) is 0 Å². The zero-order chi connectivity index (χ0) is 14.9. The Balaban J connectivity index is 1.89. The van der Waals surface area contributed by atoms with E-state index < -0.39 is 0 Å². The minimum Gasteiger partial charge on any atom is -0.365 e. The Hall–Kier alpha value is -1.02. The molecule has 0 aromatic heterocycles. The summed E-state index contributed by atoms with van der Waals surface area (Å²) in [5.41, 5.74) is 4.93. The van der Waals surface area contributed by atoms with Crippen molar-refractivity contribution in [3.63, 3.8) is 0 Å². The summed E-state index contributed by atoms with van der Waals surface area (Å²) in [7, 11) is 0. The number of aryl methyl sites for hydroxylation is 2. The van der Waals surface area contributed by atoms with Gasteiger partial charge in [0.2, 0.25) is 0 Å². The van der Waals surface area contributed by atoms with Gasteiger partial charge in [-0.05, 0) is 61.8 Å². The third-order valence-corrected chi connectivity index (χ3v) is 5.86. The lowest BCUT2D eigenvalue weighted by Crippen LogP contribution is -2.64. The summed E-state index contributed by atoms with van der Waals surface area (Å²) >= 11 is 0. The number of nitrogens with zero attached hydrogens (tertiary/aromatic N) is 1. The molecule has 2 heteroatoms. The van der Waals surface area contributed by atoms with Crippen LogP contribution in [0.25, 0.3) is 0 Å². The van der Waals surface area contributed by atoms with Gasteiger partial charge in [-0.1, -0.05) is 26.8 Å². The summed E-state index contributed by atoms with van der Waals surface area (Å²) in [4.78, 5) is 2.68. The zero-order valence-electron chi connectivity index (χ0n) is 13.9. The van der Waals surface area contributed by atoms with Crippen LogP contribution in [-0.4, -0.2) is 24.7 Å². The lowest BCUT2D eigenvalue weighted by molar-refractivity contribution is 0.246. The van der Waals surface area contributed by atoms with E-state index >= 15 is 0 Å². The van der Waals surface area contributed by atoms with Crippen molar-refractivity contribution in [2.24, 2.45) is 0 Å². The second kappa shape index (κ2) is 6.00. The van der Waals surface area contributed by atoms with E-state index in [0.29, 0.717) is 11.6 Å². The Morgan fingerprint density at radius 1 is 1.14 bits per heavy atom. The summed E-state index contributed by atoms with van der Waals surface area (Å²) in [6.45, 7) is 9.23. The minimum absolute atomic E-state index is 0.296. The monoisotopic (exact) mass is 286 g/mol. The molecule has 1 aliphatic heterocycles. The highest BCUT2D eigenvalue weighted by molar-refractivity contribution is 5.54. The Labute approximate surface area is 129 Å². The molecule has 21 heavy (non-hydrogen) atoms. The molecular weight excluding hydrogens is 256 g/mol. The molecular formula is C19H30N2. The number of nitrogens with one attached hydrogen (secondary N) is 1. The van der Waals surface area contributed by atoms with Crippen LogP contribution in [0.15, 0.2) is 18.2 Å². The second-order valence-corrected chi connectivity index (χ2v) is 6.86. The number of hydrogen-bond donors (Lipinski definition) is 1. The SMILES string of the molecule is CCC1CNC(CC)(CC)CN1c1ccc2c(c1)CCC2. The van der Waals surface area contributed by atoms with Crippen molar-refractivity contribution in [2.75, 3.05) is 18.0 Å². The standard InChI is InChI=1S/C19H30N2/c1-4-17-13-20-19(5-2,6-3)14-21(17)18-11-10-15-8-7-9-16(15)12-18/h10-12,17,20H,4-9,13-14H2,1-3H3. The molecule has 1 saturated heterocycles. The maximum absolute atomic E-state index is 3.84. The highest BCUT2D eigenvalue weighted by atomic mass is 15.3. The molecule has 1 aromatic rings. The van der Waals surface area contributed by atoms with Gasteiger partial charge in [0.25, 0.3) is 0 Å². The van der Waals surface area contributed by atoms with E-state index in [1.54, 1.807) is 11.1 Å². The molecule has 2 aliphatic rings. The van der Waals surface area contributed by atoms with Crippen LogP contribution in [0.2, 0.25) is 0 Å².